The molecule has 9 atom stereocenters. The smallest absolute Gasteiger partial charge is 0.0515 e. The highest BCUT2D eigenvalue weighted by atomic mass is 15.2. The molecule has 1 spiro atoms. The molecule has 0 radical (unpaired) electrons. The molecule has 0 bridgehead atoms. The lowest BCUT2D eigenvalue weighted by Gasteiger charge is -2.49. The van der Waals surface area contributed by atoms with Gasteiger partial charge in [0.25, 0.3) is 0 Å². The van der Waals surface area contributed by atoms with E-state index in [0.717, 1.165) is 11.8 Å². The summed E-state index contributed by atoms with van der Waals surface area (Å²) < 4.78 is 0. The van der Waals surface area contributed by atoms with E-state index < -0.39 is 0 Å². The molecule has 0 aromatic heterocycles. The van der Waals surface area contributed by atoms with Crippen LogP contribution in [0.25, 0.3) is 0 Å². The number of fused-ring (bicyclic) bond motifs is 10. The third kappa shape index (κ3) is 6.24. The molecule has 0 saturated heterocycles. The second-order valence-electron chi connectivity index (χ2n) is 20.4. The SMILES string of the molecule is C1#CC2C(C=C1)C1C(N(C3=CCC(C4CCCCC4)CC3)C3C=CCCC3)=CCCC1[C@@]21c2cc(N(C3=CCCC=C3)C3CCCCC3)ccc2C2CCCCC21. The van der Waals surface area contributed by atoms with Crippen LogP contribution in [0, 0.1) is 53.3 Å². The van der Waals surface area contributed by atoms with E-state index in [4.69, 9.17) is 0 Å². The minimum absolute atomic E-state index is 0.124. The quantitative estimate of drug-likeness (QED) is 0.202. The number of nitrogens with zero attached hydrogens (tertiary/aromatic N) is 2. The summed E-state index contributed by atoms with van der Waals surface area (Å²) in [5.41, 5.74) is 9.94. The van der Waals surface area contributed by atoms with Crippen molar-refractivity contribution < 1.29 is 0 Å². The number of benzene rings is 1. The van der Waals surface area contributed by atoms with Gasteiger partial charge in [-0.05, 0) is 155 Å². The number of allylic oxidation sites excluding steroid dienone is 10. The van der Waals surface area contributed by atoms with Gasteiger partial charge in [-0.15, -0.1) is 0 Å². The van der Waals surface area contributed by atoms with Crippen LogP contribution < -0.4 is 4.90 Å². The molecule has 1 aromatic rings. The van der Waals surface area contributed by atoms with Crippen LogP contribution in [0.2, 0.25) is 0 Å². The van der Waals surface area contributed by atoms with Gasteiger partial charge in [-0.3, -0.25) is 0 Å². The molecule has 10 aliphatic rings. The van der Waals surface area contributed by atoms with Crippen molar-refractivity contribution in [3.63, 3.8) is 0 Å². The van der Waals surface area contributed by atoms with Crippen LogP contribution in [-0.2, 0) is 5.41 Å². The van der Waals surface area contributed by atoms with Crippen molar-refractivity contribution in [3.8, 4) is 11.8 Å². The molecule has 10 aliphatic carbocycles. The molecular weight excluding hydrogens is 689 g/mol. The molecular formula is C55H70N2. The summed E-state index contributed by atoms with van der Waals surface area (Å²) >= 11 is 0. The van der Waals surface area contributed by atoms with Gasteiger partial charge >= 0.3 is 0 Å². The molecule has 11 rings (SSSR count). The Morgan fingerprint density at radius 1 is 0.649 bits per heavy atom. The fraction of sp³-hybridized carbons (Fsp3) is 0.636. The first-order valence-corrected chi connectivity index (χ1v) is 24.6. The number of hydrogen-bond acceptors (Lipinski definition) is 2. The highest BCUT2D eigenvalue weighted by Crippen LogP contribution is 2.72. The Kier molecular flexibility index (Phi) is 10.2. The Morgan fingerprint density at radius 2 is 1.51 bits per heavy atom. The van der Waals surface area contributed by atoms with Gasteiger partial charge in [0.2, 0.25) is 0 Å². The fourth-order valence-electron chi connectivity index (χ4n) is 15.6. The number of anilines is 1. The third-order valence-corrected chi connectivity index (χ3v) is 17.8. The van der Waals surface area contributed by atoms with Gasteiger partial charge < -0.3 is 9.80 Å². The van der Waals surface area contributed by atoms with E-state index in [-0.39, 0.29) is 5.41 Å². The van der Waals surface area contributed by atoms with E-state index >= 15 is 0 Å². The largest absolute Gasteiger partial charge is 0.342 e. The molecule has 4 fully saturated rings. The van der Waals surface area contributed by atoms with Crippen LogP contribution in [-0.4, -0.2) is 17.0 Å². The maximum atomic E-state index is 4.13. The van der Waals surface area contributed by atoms with Crippen molar-refractivity contribution in [1.29, 1.82) is 0 Å². The highest BCUT2D eigenvalue weighted by molar-refractivity contribution is 5.64. The van der Waals surface area contributed by atoms with Gasteiger partial charge in [0.05, 0.1) is 6.04 Å². The summed E-state index contributed by atoms with van der Waals surface area (Å²) in [7, 11) is 0. The maximum Gasteiger partial charge on any atom is 0.0515 e. The lowest BCUT2D eigenvalue weighted by Crippen LogP contribution is -2.46. The number of rotatable bonds is 7. The molecule has 8 unspecified atom stereocenters. The Morgan fingerprint density at radius 3 is 2.32 bits per heavy atom. The maximum absolute atomic E-state index is 4.13. The summed E-state index contributed by atoms with van der Waals surface area (Å²) in [5.74, 6) is 13.2. The third-order valence-electron chi connectivity index (χ3n) is 17.8. The summed E-state index contributed by atoms with van der Waals surface area (Å²) in [4.78, 5) is 5.84. The van der Waals surface area contributed by atoms with Crippen LogP contribution in [0.1, 0.15) is 171 Å². The van der Waals surface area contributed by atoms with Gasteiger partial charge in [0.1, 0.15) is 0 Å². The second kappa shape index (κ2) is 15.8. The van der Waals surface area contributed by atoms with E-state index in [2.05, 4.69) is 94.5 Å². The first-order chi connectivity index (χ1) is 28.3. The first-order valence-electron chi connectivity index (χ1n) is 24.6. The lowest BCUT2D eigenvalue weighted by molar-refractivity contribution is 0.110. The van der Waals surface area contributed by atoms with Gasteiger partial charge in [-0.2, -0.15) is 0 Å². The summed E-state index contributed by atoms with van der Waals surface area (Å²) in [6, 6.07) is 9.18. The van der Waals surface area contributed by atoms with Gasteiger partial charge in [-0.25, -0.2) is 0 Å². The van der Waals surface area contributed by atoms with Crippen molar-refractivity contribution in [2.24, 2.45) is 41.4 Å². The van der Waals surface area contributed by atoms with E-state index in [9.17, 15) is 0 Å². The van der Waals surface area contributed by atoms with Crippen LogP contribution in [0.15, 0.2) is 90.0 Å². The first kappa shape index (κ1) is 36.9. The number of hydrogen-bond donors (Lipinski definition) is 0. The predicted octanol–water partition coefficient (Wildman–Crippen LogP) is 14.0. The van der Waals surface area contributed by atoms with E-state index in [1.54, 1.807) is 22.5 Å². The molecule has 0 aliphatic heterocycles. The van der Waals surface area contributed by atoms with Crippen molar-refractivity contribution >= 4 is 5.69 Å². The molecule has 0 amide bonds. The zero-order chi connectivity index (χ0) is 37.8. The van der Waals surface area contributed by atoms with E-state index in [1.807, 2.05) is 0 Å². The van der Waals surface area contributed by atoms with E-state index in [0.29, 0.717) is 47.6 Å². The fourth-order valence-corrected chi connectivity index (χ4v) is 15.6. The minimum atomic E-state index is 0.124. The summed E-state index contributed by atoms with van der Waals surface area (Å²) in [6.07, 6.45) is 55.5. The van der Waals surface area contributed by atoms with Gasteiger partial charge in [0.15, 0.2) is 0 Å². The minimum Gasteiger partial charge on any atom is -0.342 e. The Bertz CT molecular complexity index is 1910. The zero-order valence-electron chi connectivity index (χ0n) is 35.1. The molecule has 57 heavy (non-hydrogen) atoms. The van der Waals surface area contributed by atoms with Crippen molar-refractivity contribution in [2.75, 3.05) is 4.90 Å². The summed E-state index contributed by atoms with van der Waals surface area (Å²) in [5, 5.41) is 0. The van der Waals surface area contributed by atoms with Crippen LogP contribution >= 0.6 is 0 Å². The Labute approximate surface area is 346 Å². The van der Waals surface area contributed by atoms with Crippen molar-refractivity contribution in [2.45, 2.75) is 178 Å². The molecule has 4 saturated carbocycles. The topological polar surface area (TPSA) is 6.48 Å². The normalized spacial score (nSPS) is 37.2. The second-order valence-corrected chi connectivity index (χ2v) is 20.4. The highest BCUT2D eigenvalue weighted by Gasteiger charge is 2.68. The monoisotopic (exact) mass is 759 g/mol. The molecule has 2 nitrogen and oxygen atoms in total. The van der Waals surface area contributed by atoms with Crippen LogP contribution in [0.3, 0.4) is 0 Å². The molecule has 0 N–H and O–H groups in total. The van der Waals surface area contributed by atoms with E-state index in [1.165, 1.54) is 165 Å². The molecule has 1 aromatic carbocycles. The Hall–Kier alpha value is -3.18. The molecule has 2 heteroatoms. The molecule has 300 valence electrons. The average molecular weight is 759 g/mol. The van der Waals surface area contributed by atoms with Gasteiger partial charge in [0, 0.05) is 52.0 Å². The predicted molar refractivity (Wildman–Crippen MR) is 237 cm³/mol. The van der Waals surface area contributed by atoms with Gasteiger partial charge in [-0.1, -0.05) is 125 Å². The van der Waals surface area contributed by atoms with Crippen LogP contribution in [0.5, 0.6) is 0 Å². The molecule has 0 heterocycles. The standard InChI is InChI=1S/C55H70N2/c1-5-18-39(19-6-1)40-32-34-44(35-33-40)57(43-24-11-4-12-25-43)53-31-17-30-51-54(53)48-27-14-16-29-50(48)55(51)49-28-15-13-26-46(49)47-37-36-45(38-52(47)55)56(41-20-7-2-8-21-41)42-22-9-3-10-23-42/h7,11,14,20-21,24,27,31,34,36-40,42-43,46,48-51,54H,1-6,8-10,12-13,15,17-19,22-23,25-26,28,30,32-33,35H2/t40?,43?,46?,48?,49?,50?,51?,54?,55-/m0/s1. The van der Waals surface area contributed by atoms with Crippen molar-refractivity contribution in [3.05, 3.63) is 101 Å². The average Bonchev–Trinajstić information content (AvgIpc) is 3.76. The van der Waals surface area contributed by atoms with Crippen LogP contribution in [0.4, 0.5) is 5.69 Å². The Balaban J connectivity index is 1.02. The van der Waals surface area contributed by atoms with Crippen molar-refractivity contribution in [1.82, 2.24) is 4.90 Å². The lowest BCUT2D eigenvalue weighted by atomic mass is 9.56. The zero-order valence-corrected chi connectivity index (χ0v) is 35.1. The summed E-state index contributed by atoms with van der Waals surface area (Å²) in [6.45, 7) is 0.